The van der Waals surface area contributed by atoms with E-state index in [9.17, 15) is 10.2 Å². The second-order valence-electron chi connectivity index (χ2n) is 5.21. The minimum absolute atomic E-state index is 0.270. The zero-order valence-electron chi connectivity index (χ0n) is 9.75. The van der Waals surface area contributed by atoms with Gasteiger partial charge in [0.25, 0.3) is 0 Å². The molecule has 1 aromatic rings. The van der Waals surface area contributed by atoms with Gasteiger partial charge in [0, 0.05) is 5.92 Å². The van der Waals surface area contributed by atoms with Gasteiger partial charge in [-0.15, -0.1) is 0 Å². The third-order valence-corrected chi connectivity index (χ3v) is 4.03. The third-order valence-electron chi connectivity index (χ3n) is 4.03. The van der Waals surface area contributed by atoms with Crippen LogP contribution in [0.3, 0.4) is 0 Å². The molecule has 1 aromatic carbocycles. The molecular formula is C14H18O3. The van der Waals surface area contributed by atoms with E-state index in [0.717, 1.165) is 24.8 Å². The highest BCUT2D eigenvalue weighted by atomic mass is 16.5. The molecule has 2 bridgehead atoms. The van der Waals surface area contributed by atoms with Crippen LogP contribution < -0.4 is 0 Å². The molecule has 17 heavy (non-hydrogen) atoms. The molecule has 2 N–H and O–H groups in total. The van der Waals surface area contributed by atoms with E-state index in [0.29, 0.717) is 18.4 Å². The van der Waals surface area contributed by atoms with E-state index in [1.54, 1.807) is 12.1 Å². The van der Waals surface area contributed by atoms with Gasteiger partial charge in [0.2, 0.25) is 0 Å². The Labute approximate surface area is 101 Å². The van der Waals surface area contributed by atoms with Crippen molar-refractivity contribution >= 4 is 0 Å². The molecule has 0 spiro atoms. The summed E-state index contributed by atoms with van der Waals surface area (Å²) in [5.74, 6) is 0.564. The highest BCUT2D eigenvalue weighted by Gasteiger charge is 2.43. The largest absolute Gasteiger partial charge is 0.508 e. The van der Waals surface area contributed by atoms with Gasteiger partial charge in [0.05, 0.1) is 18.3 Å². The zero-order chi connectivity index (χ0) is 11.8. The fourth-order valence-corrected chi connectivity index (χ4v) is 3.11. The number of ether oxygens (including phenoxy) is 1. The van der Waals surface area contributed by atoms with Gasteiger partial charge in [0.1, 0.15) is 5.75 Å². The molecular weight excluding hydrogens is 216 g/mol. The standard InChI is InChI=1S/C14H18O3/c15-10-3-1-9(2-4-10)7-13(16)12-8-11-5-6-14(12)17-11/h1-4,11-16H,5-8H2. The van der Waals surface area contributed by atoms with E-state index in [1.165, 1.54) is 0 Å². The summed E-state index contributed by atoms with van der Waals surface area (Å²) in [6, 6.07) is 7.07. The summed E-state index contributed by atoms with van der Waals surface area (Å²) in [4.78, 5) is 0. The number of aromatic hydroxyl groups is 1. The van der Waals surface area contributed by atoms with Crippen LogP contribution in [0.2, 0.25) is 0 Å². The molecule has 0 aliphatic carbocycles. The second kappa shape index (κ2) is 4.31. The Balaban J connectivity index is 1.63. The summed E-state index contributed by atoms with van der Waals surface area (Å²) in [7, 11) is 0. The summed E-state index contributed by atoms with van der Waals surface area (Å²) in [5.41, 5.74) is 1.07. The van der Waals surface area contributed by atoms with Gasteiger partial charge in [-0.25, -0.2) is 0 Å². The van der Waals surface area contributed by atoms with Crippen LogP contribution in [0.1, 0.15) is 24.8 Å². The fraction of sp³-hybridized carbons (Fsp3) is 0.571. The summed E-state index contributed by atoms with van der Waals surface area (Å²) in [5, 5.41) is 19.5. The van der Waals surface area contributed by atoms with Crippen LogP contribution in [0.5, 0.6) is 5.75 Å². The monoisotopic (exact) mass is 234 g/mol. The number of fused-ring (bicyclic) bond motifs is 2. The first-order valence-corrected chi connectivity index (χ1v) is 6.34. The van der Waals surface area contributed by atoms with Crippen molar-refractivity contribution in [2.75, 3.05) is 0 Å². The number of hydrogen-bond donors (Lipinski definition) is 2. The average molecular weight is 234 g/mol. The second-order valence-corrected chi connectivity index (χ2v) is 5.21. The lowest BCUT2D eigenvalue weighted by Gasteiger charge is -2.24. The molecule has 0 saturated carbocycles. The highest BCUT2D eigenvalue weighted by molar-refractivity contribution is 5.26. The predicted octanol–water partition coefficient (Wildman–Crippen LogP) is 1.86. The summed E-state index contributed by atoms with van der Waals surface area (Å²) in [6.07, 6.45) is 4.25. The molecule has 0 amide bonds. The number of aliphatic hydroxyl groups is 1. The third kappa shape index (κ3) is 2.17. The maximum atomic E-state index is 10.3. The van der Waals surface area contributed by atoms with Crippen molar-refractivity contribution in [1.29, 1.82) is 0 Å². The van der Waals surface area contributed by atoms with E-state index in [2.05, 4.69) is 0 Å². The van der Waals surface area contributed by atoms with Gasteiger partial charge in [-0.3, -0.25) is 0 Å². The lowest BCUT2D eigenvalue weighted by atomic mass is 9.83. The Morgan fingerprint density at radius 1 is 1.24 bits per heavy atom. The van der Waals surface area contributed by atoms with Crippen molar-refractivity contribution in [3.63, 3.8) is 0 Å². The van der Waals surface area contributed by atoms with Crippen LogP contribution >= 0.6 is 0 Å². The molecule has 4 atom stereocenters. The predicted molar refractivity (Wildman–Crippen MR) is 63.8 cm³/mol. The lowest BCUT2D eigenvalue weighted by Crippen LogP contribution is -2.30. The molecule has 2 aliphatic heterocycles. The number of phenols is 1. The van der Waals surface area contributed by atoms with Crippen molar-refractivity contribution in [3.8, 4) is 5.75 Å². The Morgan fingerprint density at radius 3 is 2.59 bits per heavy atom. The first kappa shape index (κ1) is 11.1. The molecule has 2 fully saturated rings. The minimum atomic E-state index is -0.324. The van der Waals surface area contributed by atoms with E-state index in [1.807, 2.05) is 12.1 Å². The average Bonchev–Trinajstić information content (AvgIpc) is 2.94. The molecule has 0 aromatic heterocycles. The minimum Gasteiger partial charge on any atom is -0.508 e. The maximum absolute atomic E-state index is 10.3. The normalized spacial score (nSPS) is 32.9. The van der Waals surface area contributed by atoms with Crippen LogP contribution in [0.25, 0.3) is 0 Å². The number of benzene rings is 1. The fourth-order valence-electron chi connectivity index (χ4n) is 3.11. The topological polar surface area (TPSA) is 49.7 Å². The van der Waals surface area contributed by atoms with E-state index >= 15 is 0 Å². The van der Waals surface area contributed by atoms with Crippen LogP contribution in [0.4, 0.5) is 0 Å². The molecule has 3 nitrogen and oxygen atoms in total. The van der Waals surface area contributed by atoms with Gasteiger partial charge in [-0.05, 0) is 43.4 Å². The smallest absolute Gasteiger partial charge is 0.115 e. The molecule has 92 valence electrons. The van der Waals surface area contributed by atoms with Crippen molar-refractivity contribution in [2.24, 2.45) is 5.92 Å². The van der Waals surface area contributed by atoms with Gasteiger partial charge in [0.15, 0.2) is 0 Å². The molecule has 3 rings (SSSR count). The van der Waals surface area contributed by atoms with Gasteiger partial charge < -0.3 is 14.9 Å². The molecule has 2 aliphatic rings. The van der Waals surface area contributed by atoms with Crippen LogP contribution in [-0.2, 0) is 11.2 Å². The Kier molecular flexibility index (Phi) is 2.81. The SMILES string of the molecule is Oc1ccc(CC(O)C2CC3CCC2O3)cc1. The molecule has 2 heterocycles. The first-order valence-electron chi connectivity index (χ1n) is 6.34. The van der Waals surface area contributed by atoms with Crippen LogP contribution in [-0.4, -0.2) is 28.5 Å². The van der Waals surface area contributed by atoms with Crippen molar-refractivity contribution in [1.82, 2.24) is 0 Å². The Morgan fingerprint density at radius 2 is 2.00 bits per heavy atom. The summed E-state index contributed by atoms with van der Waals surface area (Å²) < 4.78 is 5.76. The first-order chi connectivity index (χ1) is 8.22. The molecule has 0 radical (unpaired) electrons. The number of aliphatic hydroxyl groups excluding tert-OH is 1. The van der Waals surface area contributed by atoms with Crippen molar-refractivity contribution in [2.45, 2.75) is 44.0 Å². The number of hydrogen-bond acceptors (Lipinski definition) is 3. The van der Waals surface area contributed by atoms with Crippen molar-refractivity contribution in [3.05, 3.63) is 29.8 Å². The van der Waals surface area contributed by atoms with E-state index in [-0.39, 0.29) is 18.0 Å². The Bertz CT molecular complexity index is 387. The number of phenolic OH excluding ortho intramolecular Hbond substituents is 1. The quantitative estimate of drug-likeness (QED) is 0.839. The molecule has 4 unspecified atom stereocenters. The molecule has 3 heteroatoms. The number of rotatable bonds is 3. The lowest BCUT2D eigenvalue weighted by molar-refractivity contribution is 0.0432. The summed E-state index contributed by atoms with van der Waals surface area (Å²) in [6.45, 7) is 0. The van der Waals surface area contributed by atoms with E-state index in [4.69, 9.17) is 4.74 Å². The van der Waals surface area contributed by atoms with Gasteiger partial charge in [-0.1, -0.05) is 12.1 Å². The van der Waals surface area contributed by atoms with Crippen LogP contribution in [0.15, 0.2) is 24.3 Å². The molecule has 2 saturated heterocycles. The van der Waals surface area contributed by atoms with Gasteiger partial charge in [-0.2, -0.15) is 0 Å². The van der Waals surface area contributed by atoms with E-state index < -0.39 is 0 Å². The zero-order valence-corrected chi connectivity index (χ0v) is 9.75. The highest BCUT2D eigenvalue weighted by Crippen LogP contribution is 2.40. The Hall–Kier alpha value is -1.06. The summed E-state index contributed by atoms with van der Waals surface area (Å²) >= 11 is 0. The van der Waals surface area contributed by atoms with Crippen molar-refractivity contribution < 1.29 is 14.9 Å². The maximum Gasteiger partial charge on any atom is 0.115 e. The van der Waals surface area contributed by atoms with Gasteiger partial charge >= 0.3 is 0 Å². The van der Waals surface area contributed by atoms with Crippen LogP contribution in [0, 0.1) is 5.92 Å².